The number of alkyl carbamates (subject to hydrolysis) is 1. The first-order valence-electron chi connectivity index (χ1n) is 7.52. The highest BCUT2D eigenvalue weighted by Crippen LogP contribution is 2.07. The van der Waals surface area contributed by atoms with Crippen LogP contribution in [0.3, 0.4) is 0 Å². The fourth-order valence-electron chi connectivity index (χ4n) is 1.79. The van der Waals surface area contributed by atoms with Crippen LogP contribution < -0.4 is 10.6 Å². The lowest BCUT2D eigenvalue weighted by molar-refractivity contribution is 0.0522. The average molecular weight is 272 g/mol. The molecule has 0 aliphatic heterocycles. The summed E-state index contributed by atoms with van der Waals surface area (Å²) in [6, 6.07) is 0.313. The van der Waals surface area contributed by atoms with Crippen LogP contribution in [-0.4, -0.2) is 30.8 Å². The van der Waals surface area contributed by atoms with E-state index in [4.69, 9.17) is 4.74 Å². The lowest BCUT2D eigenvalue weighted by atomic mass is 10.0. The molecule has 0 aromatic rings. The number of carbonyl (C=O) groups excluding carboxylic acids is 1. The van der Waals surface area contributed by atoms with Gasteiger partial charge >= 0.3 is 6.09 Å². The van der Waals surface area contributed by atoms with E-state index in [0.717, 1.165) is 18.9 Å². The Morgan fingerprint density at radius 2 is 1.63 bits per heavy atom. The second-order valence-corrected chi connectivity index (χ2v) is 6.08. The predicted molar refractivity (Wildman–Crippen MR) is 80.4 cm³/mol. The minimum absolute atomic E-state index is 0.313. The third kappa shape index (κ3) is 9.77. The summed E-state index contributed by atoms with van der Waals surface area (Å²) in [5.41, 5.74) is -0.436. The van der Waals surface area contributed by atoms with Crippen LogP contribution in [0.5, 0.6) is 0 Å². The molecule has 19 heavy (non-hydrogen) atoms. The summed E-state index contributed by atoms with van der Waals surface area (Å²) < 4.78 is 5.22. The van der Waals surface area contributed by atoms with Crippen molar-refractivity contribution in [1.82, 2.24) is 10.6 Å². The predicted octanol–water partition coefficient (Wildman–Crippen LogP) is 3.32. The van der Waals surface area contributed by atoms with Gasteiger partial charge in [-0.3, -0.25) is 0 Å². The van der Waals surface area contributed by atoms with Crippen molar-refractivity contribution in [2.75, 3.05) is 13.1 Å². The molecular weight excluding hydrogens is 240 g/mol. The highest BCUT2D eigenvalue weighted by Gasteiger charge is 2.17. The molecule has 0 bridgehead atoms. The van der Waals surface area contributed by atoms with E-state index < -0.39 is 5.60 Å². The van der Waals surface area contributed by atoms with Crippen molar-refractivity contribution >= 4 is 6.09 Å². The molecule has 0 saturated carbocycles. The molecule has 4 nitrogen and oxygen atoms in total. The molecule has 114 valence electrons. The van der Waals surface area contributed by atoms with Crippen molar-refractivity contribution in [2.45, 2.75) is 72.4 Å². The van der Waals surface area contributed by atoms with Crippen LogP contribution in [0.25, 0.3) is 0 Å². The molecule has 1 unspecified atom stereocenters. The van der Waals surface area contributed by atoms with Crippen molar-refractivity contribution < 1.29 is 9.53 Å². The van der Waals surface area contributed by atoms with Gasteiger partial charge in [0.05, 0.1) is 0 Å². The maximum atomic E-state index is 11.6. The number of hydrogen-bond acceptors (Lipinski definition) is 3. The van der Waals surface area contributed by atoms with Gasteiger partial charge < -0.3 is 15.4 Å². The topological polar surface area (TPSA) is 50.4 Å². The normalized spacial score (nSPS) is 13.4. The molecule has 0 aromatic carbocycles. The van der Waals surface area contributed by atoms with Crippen molar-refractivity contribution in [2.24, 2.45) is 5.92 Å². The highest BCUT2D eigenvalue weighted by atomic mass is 16.6. The second kappa shape index (κ2) is 9.18. The zero-order valence-electron chi connectivity index (χ0n) is 13.5. The first-order valence-corrected chi connectivity index (χ1v) is 7.52. The average Bonchev–Trinajstić information content (AvgIpc) is 2.31. The molecule has 0 aromatic heterocycles. The summed E-state index contributed by atoms with van der Waals surface area (Å²) in [4.78, 5) is 11.6. The SMILES string of the molecule is CCC(CC)CNC(CC)CNC(=O)OC(C)(C)C. The molecule has 0 fully saturated rings. The van der Waals surface area contributed by atoms with Gasteiger partial charge in [-0.1, -0.05) is 33.6 Å². The van der Waals surface area contributed by atoms with Gasteiger partial charge in [-0.25, -0.2) is 4.79 Å². The minimum Gasteiger partial charge on any atom is -0.444 e. The third-order valence-electron chi connectivity index (χ3n) is 3.23. The van der Waals surface area contributed by atoms with E-state index >= 15 is 0 Å². The lowest BCUT2D eigenvalue weighted by Crippen LogP contribution is -2.43. The number of ether oxygens (including phenoxy) is 1. The van der Waals surface area contributed by atoms with Crippen LogP contribution >= 0.6 is 0 Å². The van der Waals surface area contributed by atoms with E-state index in [-0.39, 0.29) is 6.09 Å². The van der Waals surface area contributed by atoms with Crippen molar-refractivity contribution in [3.05, 3.63) is 0 Å². The first-order chi connectivity index (χ1) is 8.82. The maximum absolute atomic E-state index is 11.6. The number of carbonyl (C=O) groups is 1. The summed E-state index contributed by atoms with van der Waals surface area (Å²) in [6.07, 6.45) is 3.05. The van der Waals surface area contributed by atoms with Crippen molar-refractivity contribution in [3.63, 3.8) is 0 Å². The quantitative estimate of drug-likeness (QED) is 0.712. The van der Waals surface area contributed by atoms with Gasteiger partial charge in [0.1, 0.15) is 5.60 Å². The number of amides is 1. The fraction of sp³-hybridized carbons (Fsp3) is 0.933. The Morgan fingerprint density at radius 3 is 2.05 bits per heavy atom. The summed E-state index contributed by atoms with van der Waals surface area (Å²) >= 11 is 0. The molecule has 0 heterocycles. The van der Waals surface area contributed by atoms with Gasteiger partial charge in [0, 0.05) is 12.6 Å². The molecule has 4 heteroatoms. The zero-order valence-corrected chi connectivity index (χ0v) is 13.5. The maximum Gasteiger partial charge on any atom is 0.407 e. The fourth-order valence-corrected chi connectivity index (χ4v) is 1.79. The minimum atomic E-state index is -0.436. The summed E-state index contributed by atoms with van der Waals surface area (Å²) in [5.74, 6) is 0.718. The van der Waals surface area contributed by atoms with Crippen LogP contribution in [0.15, 0.2) is 0 Å². The van der Waals surface area contributed by atoms with Crippen LogP contribution in [0.4, 0.5) is 4.79 Å². The first kappa shape index (κ1) is 18.2. The van der Waals surface area contributed by atoms with Gasteiger partial charge in [-0.15, -0.1) is 0 Å². The van der Waals surface area contributed by atoms with E-state index in [1.54, 1.807) is 0 Å². The third-order valence-corrected chi connectivity index (χ3v) is 3.23. The molecule has 0 spiro atoms. The van der Waals surface area contributed by atoms with E-state index in [1.165, 1.54) is 12.8 Å². The molecule has 2 N–H and O–H groups in total. The van der Waals surface area contributed by atoms with E-state index in [0.29, 0.717) is 12.6 Å². The van der Waals surface area contributed by atoms with Gasteiger partial charge in [-0.2, -0.15) is 0 Å². The molecule has 0 aliphatic rings. The Morgan fingerprint density at radius 1 is 1.05 bits per heavy atom. The van der Waals surface area contributed by atoms with Crippen LogP contribution in [-0.2, 0) is 4.74 Å². The van der Waals surface area contributed by atoms with Gasteiger partial charge in [-0.05, 0) is 39.7 Å². The Bertz CT molecular complexity index is 245. The molecule has 1 atom stereocenters. The molecule has 0 rings (SSSR count). The Hall–Kier alpha value is -0.770. The number of hydrogen-bond donors (Lipinski definition) is 2. The smallest absolute Gasteiger partial charge is 0.407 e. The largest absolute Gasteiger partial charge is 0.444 e. The zero-order chi connectivity index (χ0) is 14.9. The highest BCUT2D eigenvalue weighted by molar-refractivity contribution is 5.67. The van der Waals surface area contributed by atoms with E-state index in [1.807, 2.05) is 20.8 Å². The van der Waals surface area contributed by atoms with Crippen molar-refractivity contribution in [1.29, 1.82) is 0 Å². The molecule has 1 amide bonds. The Labute approximate surface area is 118 Å². The van der Waals surface area contributed by atoms with Crippen LogP contribution in [0.1, 0.15) is 60.8 Å². The number of nitrogens with one attached hydrogen (secondary N) is 2. The van der Waals surface area contributed by atoms with Gasteiger partial charge in [0.15, 0.2) is 0 Å². The summed E-state index contributed by atoms with van der Waals surface area (Å²) in [7, 11) is 0. The van der Waals surface area contributed by atoms with Crippen LogP contribution in [0.2, 0.25) is 0 Å². The molecule has 0 saturated heterocycles. The second-order valence-electron chi connectivity index (χ2n) is 6.08. The summed E-state index contributed by atoms with van der Waals surface area (Å²) in [6.45, 7) is 13.8. The lowest BCUT2D eigenvalue weighted by Gasteiger charge is -2.23. The van der Waals surface area contributed by atoms with Gasteiger partial charge in [0.25, 0.3) is 0 Å². The molecule has 0 radical (unpaired) electrons. The van der Waals surface area contributed by atoms with Crippen LogP contribution in [0, 0.1) is 5.92 Å². The Kier molecular flexibility index (Phi) is 8.81. The molecular formula is C15H32N2O2. The van der Waals surface area contributed by atoms with E-state index in [9.17, 15) is 4.79 Å². The monoisotopic (exact) mass is 272 g/mol. The molecule has 0 aliphatic carbocycles. The van der Waals surface area contributed by atoms with E-state index in [2.05, 4.69) is 31.4 Å². The Balaban J connectivity index is 3.96. The standard InChI is InChI=1S/C15H32N2O2/c1-7-12(8-2)10-16-13(9-3)11-17-14(18)19-15(4,5)6/h12-13,16H,7-11H2,1-6H3,(H,17,18). The van der Waals surface area contributed by atoms with Gasteiger partial charge in [0.2, 0.25) is 0 Å². The summed E-state index contributed by atoms with van der Waals surface area (Å²) in [5, 5.41) is 6.35. The number of rotatable bonds is 8. The van der Waals surface area contributed by atoms with Crippen molar-refractivity contribution in [3.8, 4) is 0 Å².